The van der Waals surface area contributed by atoms with Crippen molar-refractivity contribution in [2.45, 2.75) is 12.8 Å². The highest BCUT2D eigenvalue weighted by Gasteiger charge is 2.18. The Bertz CT molecular complexity index is 1130. The number of nitrogens with one attached hydrogen (secondary N) is 1. The number of para-hydroxylation sites is 3. The van der Waals surface area contributed by atoms with E-state index in [9.17, 15) is 13.2 Å². The third-order valence-corrected chi connectivity index (χ3v) is 5.85. The van der Waals surface area contributed by atoms with E-state index >= 15 is 0 Å². The number of carbonyl (C=O) groups excluding carboxylic acids is 1. The molecule has 0 bridgehead atoms. The molecular weight excluding hydrogens is 428 g/mol. The molecule has 0 radical (unpaired) electrons. The second-order valence-electron chi connectivity index (χ2n) is 7.10. The molecule has 7 nitrogen and oxygen atoms in total. The lowest BCUT2D eigenvalue weighted by atomic mass is 10.2. The van der Waals surface area contributed by atoms with Crippen LogP contribution in [0, 0.1) is 0 Å². The first-order valence-corrected chi connectivity index (χ1v) is 12.0. The Labute approximate surface area is 188 Å². The Morgan fingerprint density at radius 1 is 0.906 bits per heavy atom. The van der Waals surface area contributed by atoms with E-state index in [1.165, 1.54) is 4.31 Å². The zero-order chi connectivity index (χ0) is 23.0. The molecule has 1 N–H and O–H groups in total. The van der Waals surface area contributed by atoms with Crippen molar-refractivity contribution in [2.75, 3.05) is 29.5 Å². The monoisotopic (exact) mass is 454 g/mol. The molecule has 0 aliphatic rings. The predicted molar refractivity (Wildman–Crippen MR) is 126 cm³/mol. The summed E-state index contributed by atoms with van der Waals surface area (Å²) in [7, 11) is -1.95. The number of methoxy groups -OCH3 is 1. The number of sulfonamides is 1. The highest BCUT2D eigenvalue weighted by atomic mass is 32.2. The van der Waals surface area contributed by atoms with Gasteiger partial charge in [-0.1, -0.05) is 30.3 Å². The zero-order valence-corrected chi connectivity index (χ0v) is 18.8. The molecule has 32 heavy (non-hydrogen) atoms. The molecule has 3 rings (SSSR count). The van der Waals surface area contributed by atoms with E-state index < -0.39 is 10.0 Å². The number of nitrogens with zero attached hydrogens (tertiary/aromatic N) is 1. The van der Waals surface area contributed by atoms with E-state index in [4.69, 9.17) is 9.47 Å². The summed E-state index contributed by atoms with van der Waals surface area (Å²) >= 11 is 0. The van der Waals surface area contributed by atoms with Crippen LogP contribution in [0.4, 0.5) is 11.4 Å². The van der Waals surface area contributed by atoms with Crippen molar-refractivity contribution in [1.82, 2.24) is 0 Å². The van der Waals surface area contributed by atoms with E-state index in [-0.39, 0.29) is 18.9 Å². The van der Waals surface area contributed by atoms with Crippen molar-refractivity contribution >= 4 is 27.3 Å². The van der Waals surface area contributed by atoms with Crippen LogP contribution in [0.5, 0.6) is 17.2 Å². The maximum Gasteiger partial charge on any atom is 0.232 e. The first kappa shape index (κ1) is 23.1. The van der Waals surface area contributed by atoms with Crippen molar-refractivity contribution < 1.29 is 22.7 Å². The van der Waals surface area contributed by atoms with Gasteiger partial charge in [0.05, 0.1) is 24.7 Å². The van der Waals surface area contributed by atoms with E-state index in [2.05, 4.69) is 5.32 Å². The smallest absolute Gasteiger partial charge is 0.232 e. The minimum absolute atomic E-state index is 0.155. The van der Waals surface area contributed by atoms with Gasteiger partial charge in [-0.2, -0.15) is 0 Å². The molecule has 0 spiro atoms. The highest BCUT2D eigenvalue weighted by molar-refractivity contribution is 7.92. The number of amides is 1. The standard InChI is InChI=1S/C24H26N2O5S/c1-30-20-16-14-19(15-17-20)26(32(2,28)29)18-8-13-24(27)25-22-11-6-7-12-23(22)31-21-9-4-3-5-10-21/h3-7,9-12,14-17H,8,13,18H2,1-2H3,(H,25,27). The first-order valence-electron chi connectivity index (χ1n) is 10.1. The molecule has 0 aliphatic heterocycles. The number of anilines is 2. The fraction of sp³-hybridized carbons (Fsp3) is 0.208. The highest BCUT2D eigenvalue weighted by Crippen LogP contribution is 2.29. The molecule has 0 atom stereocenters. The zero-order valence-electron chi connectivity index (χ0n) is 18.0. The number of ether oxygens (including phenoxy) is 2. The Balaban J connectivity index is 1.60. The van der Waals surface area contributed by atoms with Crippen LogP contribution in [0.1, 0.15) is 12.8 Å². The average Bonchev–Trinajstić information content (AvgIpc) is 2.78. The minimum atomic E-state index is -3.49. The number of hydrogen-bond acceptors (Lipinski definition) is 5. The van der Waals surface area contributed by atoms with Gasteiger partial charge in [0.2, 0.25) is 15.9 Å². The van der Waals surface area contributed by atoms with Gasteiger partial charge in [-0.25, -0.2) is 8.42 Å². The van der Waals surface area contributed by atoms with Crippen LogP contribution >= 0.6 is 0 Å². The van der Waals surface area contributed by atoms with Crippen LogP contribution < -0.4 is 19.1 Å². The lowest BCUT2D eigenvalue weighted by Gasteiger charge is -2.22. The van der Waals surface area contributed by atoms with Crippen molar-refractivity contribution in [3.63, 3.8) is 0 Å². The third kappa shape index (κ3) is 6.49. The molecule has 3 aromatic rings. The van der Waals surface area contributed by atoms with E-state index in [0.29, 0.717) is 35.0 Å². The topological polar surface area (TPSA) is 84.9 Å². The molecule has 0 unspecified atom stereocenters. The van der Waals surface area contributed by atoms with Crippen LogP contribution in [-0.2, 0) is 14.8 Å². The summed E-state index contributed by atoms with van der Waals surface area (Å²) in [6.45, 7) is 0.181. The van der Waals surface area contributed by atoms with Crippen molar-refractivity contribution in [1.29, 1.82) is 0 Å². The van der Waals surface area contributed by atoms with Gasteiger partial charge in [-0.05, 0) is 55.0 Å². The van der Waals surface area contributed by atoms with Crippen molar-refractivity contribution in [3.05, 3.63) is 78.9 Å². The van der Waals surface area contributed by atoms with Crippen LogP contribution in [-0.4, -0.2) is 34.2 Å². The summed E-state index contributed by atoms with van der Waals surface area (Å²) in [6, 6.07) is 23.2. The molecule has 0 saturated carbocycles. The van der Waals surface area contributed by atoms with Crippen LogP contribution in [0.25, 0.3) is 0 Å². The molecule has 8 heteroatoms. The second kappa shape index (κ2) is 10.7. The van der Waals surface area contributed by atoms with Gasteiger partial charge in [0.1, 0.15) is 11.5 Å². The molecular formula is C24H26N2O5S. The Hall–Kier alpha value is -3.52. The van der Waals surface area contributed by atoms with E-state index in [0.717, 1.165) is 6.26 Å². The minimum Gasteiger partial charge on any atom is -0.497 e. The quantitative estimate of drug-likeness (QED) is 0.481. The molecule has 0 aromatic heterocycles. The van der Waals surface area contributed by atoms with Gasteiger partial charge in [-0.15, -0.1) is 0 Å². The Kier molecular flexibility index (Phi) is 7.72. The molecule has 1 amide bonds. The SMILES string of the molecule is COc1ccc(N(CCCC(=O)Nc2ccccc2Oc2ccccc2)S(C)(=O)=O)cc1. The summed E-state index contributed by atoms with van der Waals surface area (Å²) < 4.78 is 36.8. The summed E-state index contributed by atoms with van der Waals surface area (Å²) in [6.07, 6.45) is 1.66. The number of rotatable bonds is 10. The summed E-state index contributed by atoms with van der Waals surface area (Å²) in [4.78, 5) is 12.5. The number of carbonyl (C=O) groups is 1. The van der Waals surface area contributed by atoms with Gasteiger partial charge < -0.3 is 14.8 Å². The Morgan fingerprint density at radius 2 is 1.56 bits per heavy atom. The molecule has 0 heterocycles. The fourth-order valence-electron chi connectivity index (χ4n) is 3.11. The summed E-state index contributed by atoms with van der Waals surface area (Å²) in [5, 5.41) is 2.85. The van der Waals surface area contributed by atoms with Gasteiger partial charge in [0, 0.05) is 13.0 Å². The molecule has 168 valence electrons. The average molecular weight is 455 g/mol. The Morgan fingerprint density at radius 3 is 2.22 bits per heavy atom. The summed E-state index contributed by atoms with van der Waals surface area (Å²) in [5.41, 5.74) is 1.08. The van der Waals surface area contributed by atoms with E-state index in [1.54, 1.807) is 43.5 Å². The second-order valence-corrected chi connectivity index (χ2v) is 9.00. The molecule has 0 fully saturated rings. The fourth-order valence-corrected chi connectivity index (χ4v) is 4.07. The molecule has 0 saturated heterocycles. The third-order valence-electron chi connectivity index (χ3n) is 4.66. The predicted octanol–water partition coefficient (Wildman–Crippen LogP) is 4.67. The van der Waals surface area contributed by atoms with Gasteiger partial charge in [0.25, 0.3) is 0 Å². The van der Waals surface area contributed by atoms with Crippen LogP contribution in [0.3, 0.4) is 0 Å². The largest absolute Gasteiger partial charge is 0.497 e. The normalized spacial score (nSPS) is 10.9. The first-order chi connectivity index (χ1) is 15.4. The molecule has 0 aliphatic carbocycles. The van der Waals surface area contributed by atoms with Gasteiger partial charge in [0.15, 0.2) is 5.75 Å². The maximum absolute atomic E-state index is 12.5. The lowest BCUT2D eigenvalue weighted by Crippen LogP contribution is -2.31. The maximum atomic E-state index is 12.5. The number of benzene rings is 3. The van der Waals surface area contributed by atoms with Crippen molar-refractivity contribution in [3.8, 4) is 17.2 Å². The van der Waals surface area contributed by atoms with Crippen LogP contribution in [0.15, 0.2) is 78.9 Å². The van der Waals surface area contributed by atoms with E-state index in [1.807, 2.05) is 42.5 Å². The van der Waals surface area contributed by atoms with Gasteiger partial charge in [-0.3, -0.25) is 9.10 Å². The van der Waals surface area contributed by atoms with Gasteiger partial charge >= 0.3 is 0 Å². The molecule has 3 aromatic carbocycles. The van der Waals surface area contributed by atoms with Crippen molar-refractivity contribution in [2.24, 2.45) is 0 Å². The number of hydrogen-bond donors (Lipinski definition) is 1. The lowest BCUT2D eigenvalue weighted by molar-refractivity contribution is -0.116. The van der Waals surface area contributed by atoms with Crippen LogP contribution in [0.2, 0.25) is 0 Å². The summed E-state index contributed by atoms with van der Waals surface area (Å²) in [5.74, 6) is 1.61.